The maximum Gasteiger partial charge on any atom is 0.269 e. The van der Waals surface area contributed by atoms with Crippen molar-refractivity contribution in [2.75, 3.05) is 6.67 Å². The van der Waals surface area contributed by atoms with Crippen molar-refractivity contribution in [3.05, 3.63) is 17.7 Å². The Morgan fingerprint density at radius 3 is 3.09 bits per heavy atom. The summed E-state index contributed by atoms with van der Waals surface area (Å²) in [6.45, 7) is -0.525. The molecule has 0 bridgehead atoms. The molecule has 0 radical (unpaired) electrons. The zero-order valence-corrected chi connectivity index (χ0v) is 5.80. The minimum atomic E-state index is -0.630. The maximum atomic E-state index is 11.8. The van der Waals surface area contributed by atoms with Crippen molar-refractivity contribution in [2.45, 2.75) is 6.42 Å². The van der Waals surface area contributed by atoms with Crippen molar-refractivity contribution in [1.82, 2.24) is 9.97 Å². The van der Waals surface area contributed by atoms with E-state index in [9.17, 15) is 9.18 Å². The Balaban J connectivity index is 2.87. The molecule has 0 aliphatic carbocycles. The molecule has 0 saturated carbocycles. The number of carbonyl (C=O) groups is 1. The lowest BCUT2D eigenvalue weighted by Crippen LogP contribution is -2.14. The lowest BCUT2D eigenvalue weighted by atomic mass is 10.2. The number of imidazole rings is 1. The van der Waals surface area contributed by atoms with E-state index in [1.807, 2.05) is 0 Å². The fourth-order valence-corrected chi connectivity index (χ4v) is 0.818. The highest BCUT2D eigenvalue weighted by Crippen LogP contribution is 2.02. The molecule has 1 amide bonds. The van der Waals surface area contributed by atoms with E-state index in [-0.39, 0.29) is 12.1 Å². The molecule has 0 fully saturated rings. The third-order valence-corrected chi connectivity index (χ3v) is 1.30. The van der Waals surface area contributed by atoms with Gasteiger partial charge in [-0.15, -0.1) is 0 Å². The normalized spacial score (nSPS) is 9.91. The minimum absolute atomic E-state index is 0.127. The second-order valence-corrected chi connectivity index (χ2v) is 2.03. The van der Waals surface area contributed by atoms with E-state index in [4.69, 9.17) is 5.73 Å². The van der Waals surface area contributed by atoms with Crippen LogP contribution in [0.3, 0.4) is 0 Å². The quantitative estimate of drug-likeness (QED) is 0.649. The number of halogens is 1. The highest BCUT2D eigenvalue weighted by atomic mass is 19.1. The molecule has 0 spiro atoms. The number of primary amides is 1. The molecule has 1 aromatic rings. The van der Waals surface area contributed by atoms with E-state index in [0.717, 1.165) is 0 Å². The molecule has 0 aliphatic rings. The first-order valence-corrected chi connectivity index (χ1v) is 3.13. The van der Waals surface area contributed by atoms with Gasteiger partial charge < -0.3 is 10.7 Å². The van der Waals surface area contributed by atoms with Crippen molar-refractivity contribution >= 4 is 5.91 Å². The second-order valence-electron chi connectivity index (χ2n) is 2.03. The fraction of sp³-hybridized carbons (Fsp3) is 0.333. The molecule has 3 N–H and O–H groups in total. The van der Waals surface area contributed by atoms with Gasteiger partial charge in [0.15, 0.2) is 0 Å². The van der Waals surface area contributed by atoms with Crippen LogP contribution in [-0.4, -0.2) is 22.5 Å². The Hall–Kier alpha value is -1.39. The lowest BCUT2D eigenvalue weighted by Gasteiger charge is -1.93. The highest BCUT2D eigenvalue weighted by molar-refractivity contribution is 5.91. The van der Waals surface area contributed by atoms with Crippen LogP contribution in [0.5, 0.6) is 0 Å². The summed E-state index contributed by atoms with van der Waals surface area (Å²) >= 11 is 0. The third kappa shape index (κ3) is 1.54. The van der Waals surface area contributed by atoms with E-state index in [1.54, 1.807) is 0 Å². The number of carbonyl (C=O) groups excluding carboxylic acids is 1. The number of hydrogen-bond donors (Lipinski definition) is 2. The summed E-state index contributed by atoms with van der Waals surface area (Å²) in [7, 11) is 0. The number of aromatic amines is 1. The van der Waals surface area contributed by atoms with Crippen LogP contribution in [0.15, 0.2) is 6.33 Å². The van der Waals surface area contributed by atoms with Gasteiger partial charge in [0.05, 0.1) is 18.7 Å². The van der Waals surface area contributed by atoms with E-state index in [2.05, 4.69) is 9.97 Å². The maximum absolute atomic E-state index is 11.8. The largest absolute Gasteiger partial charge is 0.364 e. The molecule has 1 aromatic heterocycles. The minimum Gasteiger partial charge on any atom is -0.364 e. The zero-order valence-electron chi connectivity index (χ0n) is 5.80. The van der Waals surface area contributed by atoms with Crippen LogP contribution < -0.4 is 5.73 Å². The summed E-state index contributed by atoms with van der Waals surface area (Å²) in [6, 6.07) is 0. The Morgan fingerprint density at radius 2 is 2.55 bits per heavy atom. The molecule has 0 aliphatic heterocycles. The van der Waals surface area contributed by atoms with Gasteiger partial charge >= 0.3 is 0 Å². The molecule has 0 atom stereocenters. The third-order valence-electron chi connectivity index (χ3n) is 1.30. The Kier molecular flexibility index (Phi) is 2.20. The molecule has 11 heavy (non-hydrogen) atoms. The van der Waals surface area contributed by atoms with Crippen LogP contribution in [0.4, 0.5) is 4.39 Å². The number of aryl methyl sites for hydroxylation is 1. The molecule has 0 saturated heterocycles. The first-order chi connectivity index (χ1) is 5.25. The lowest BCUT2D eigenvalue weighted by molar-refractivity contribution is 0.0995. The Labute approximate surface area is 62.6 Å². The molecular formula is C6H8FN3O. The standard InChI is InChI=1S/C6H8FN3O/c7-2-1-4-5(6(8)11)10-3-9-4/h3H,1-2H2,(H2,8,11)(H,9,10). The van der Waals surface area contributed by atoms with Crippen LogP contribution >= 0.6 is 0 Å². The molecule has 60 valence electrons. The summed E-state index contributed by atoms with van der Waals surface area (Å²) < 4.78 is 11.8. The van der Waals surface area contributed by atoms with Gasteiger partial charge in [0, 0.05) is 6.42 Å². The molecule has 4 nitrogen and oxygen atoms in total. The number of nitrogens with one attached hydrogen (secondary N) is 1. The molecule has 1 rings (SSSR count). The fourth-order valence-electron chi connectivity index (χ4n) is 0.818. The number of amides is 1. The van der Waals surface area contributed by atoms with Gasteiger partial charge in [-0.1, -0.05) is 0 Å². The number of nitrogens with two attached hydrogens (primary N) is 1. The SMILES string of the molecule is NC(=O)c1nc[nH]c1CCF. The van der Waals surface area contributed by atoms with Crippen LogP contribution in [0.2, 0.25) is 0 Å². The van der Waals surface area contributed by atoms with Gasteiger partial charge in [0.25, 0.3) is 5.91 Å². The molecule has 0 aromatic carbocycles. The number of aromatic nitrogens is 2. The summed E-state index contributed by atoms with van der Waals surface area (Å²) in [6.07, 6.45) is 1.48. The van der Waals surface area contributed by atoms with Gasteiger partial charge in [0.1, 0.15) is 5.69 Å². The van der Waals surface area contributed by atoms with E-state index in [0.29, 0.717) is 5.69 Å². The van der Waals surface area contributed by atoms with Crippen LogP contribution in [-0.2, 0) is 6.42 Å². The number of rotatable bonds is 3. The average Bonchev–Trinajstić information content (AvgIpc) is 2.36. The van der Waals surface area contributed by atoms with Crippen LogP contribution in [0.25, 0.3) is 0 Å². The van der Waals surface area contributed by atoms with Crippen molar-refractivity contribution in [3.63, 3.8) is 0 Å². The van der Waals surface area contributed by atoms with Crippen molar-refractivity contribution in [3.8, 4) is 0 Å². The Bertz CT molecular complexity index is 258. The van der Waals surface area contributed by atoms with E-state index >= 15 is 0 Å². The average molecular weight is 157 g/mol. The summed E-state index contributed by atoms with van der Waals surface area (Å²) in [5, 5.41) is 0. The van der Waals surface area contributed by atoms with Crippen molar-refractivity contribution in [1.29, 1.82) is 0 Å². The van der Waals surface area contributed by atoms with Gasteiger partial charge in [0.2, 0.25) is 0 Å². The first kappa shape index (κ1) is 7.71. The smallest absolute Gasteiger partial charge is 0.269 e. The van der Waals surface area contributed by atoms with Crippen molar-refractivity contribution in [2.24, 2.45) is 5.73 Å². The Morgan fingerprint density at radius 1 is 1.82 bits per heavy atom. The topological polar surface area (TPSA) is 71.8 Å². The molecule has 1 heterocycles. The van der Waals surface area contributed by atoms with Gasteiger partial charge in [-0.3, -0.25) is 9.18 Å². The van der Waals surface area contributed by atoms with Crippen LogP contribution in [0.1, 0.15) is 16.2 Å². The number of hydrogen-bond acceptors (Lipinski definition) is 2. The second kappa shape index (κ2) is 3.14. The number of H-pyrrole nitrogens is 1. The molecule has 0 unspecified atom stereocenters. The predicted molar refractivity (Wildman–Crippen MR) is 36.8 cm³/mol. The summed E-state index contributed by atoms with van der Waals surface area (Å²) in [5.74, 6) is -0.630. The molecule has 5 heteroatoms. The van der Waals surface area contributed by atoms with E-state index in [1.165, 1.54) is 6.33 Å². The van der Waals surface area contributed by atoms with Gasteiger partial charge in [-0.25, -0.2) is 4.98 Å². The molecular weight excluding hydrogens is 149 g/mol. The monoisotopic (exact) mass is 157 g/mol. The predicted octanol–water partition coefficient (Wildman–Crippen LogP) is 0.0206. The summed E-state index contributed by atoms with van der Waals surface area (Å²) in [5.41, 5.74) is 5.53. The van der Waals surface area contributed by atoms with Gasteiger partial charge in [-0.2, -0.15) is 0 Å². The zero-order chi connectivity index (χ0) is 8.27. The van der Waals surface area contributed by atoms with Crippen LogP contribution in [0, 0.1) is 0 Å². The van der Waals surface area contributed by atoms with Crippen molar-refractivity contribution < 1.29 is 9.18 Å². The van der Waals surface area contributed by atoms with Gasteiger partial charge in [-0.05, 0) is 0 Å². The van der Waals surface area contributed by atoms with E-state index < -0.39 is 12.6 Å². The summed E-state index contributed by atoms with van der Waals surface area (Å²) in [4.78, 5) is 16.8. The highest BCUT2D eigenvalue weighted by Gasteiger charge is 2.09. The number of alkyl halides is 1. The number of nitrogens with zero attached hydrogens (tertiary/aromatic N) is 1. The first-order valence-electron chi connectivity index (χ1n) is 3.13.